The Kier molecular flexibility index (Phi) is 5.98. The largest absolute Gasteiger partial charge is 0.508 e. The van der Waals surface area contributed by atoms with Gasteiger partial charge in [-0.15, -0.1) is 0 Å². The van der Waals surface area contributed by atoms with Gasteiger partial charge in [-0.25, -0.2) is 0 Å². The van der Waals surface area contributed by atoms with Crippen LogP contribution in [0.15, 0.2) is 24.3 Å². The predicted octanol–water partition coefficient (Wildman–Crippen LogP) is 1.42. The Morgan fingerprint density at radius 3 is 2.70 bits per heavy atom. The Morgan fingerprint density at radius 2 is 2.04 bits per heavy atom. The molecule has 3 N–H and O–H groups in total. The van der Waals surface area contributed by atoms with Crippen molar-refractivity contribution >= 4 is 17.7 Å². The van der Waals surface area contributed by atoms with Gasteiger partial charge in [0.1, 0.15) is 11.8 Å². The van der Waals surface area contributed by atoms with E-state index in [1.54, 1.807) is 12.1 Å². The van der Waals surface area contributed by atoms with E-state index in [4.69, 9.17) is 0 Å². The first kappa shape index (κ1) is 19.2. The maximum absolute atomic E-state index is 12.9. The number of nitrogens with one attached hydrogen (secondary N) is 2. The molecule has 1 aromatic rings. The van der Waals surface area contributed by atoms with Crippen LogP contribution in [0.3, 0.4) is 0 Å². The summed E-state index contributed by atoms with van der Waals surface area (Å²) in [5.41, 5.74) is 0.324. The first-order valence-corrected chi connectivity index (χ1v) is 9.65. The summed E-state index contributed by atoms with van der Waals surface area (Å²) in [5, 5.41) is 15.4. The molecule has 2 aliphatic rings. The lowest BCUT2D eigenvalue weighted by Gasteiger charge is -2.23. The third-order valence-electron chi connectivity index (χ3n) is 5.15. The van der Waals surface area contributed by atoms with E-state index in [-0.39, 0.29) is 36.1 Å². The molecule has 3 rings (SSSR count). The minimum absolute atomic E-state index is 0.000430. The predicted molar refractivity (Wildman–Crippen MR) is 100 cm³/mol. The summed E-state index contributed by atoms with van der Waals surface area (Å²) in [6.07, 6.45) is 4.22. The van der Waals surface area contributed by atoms with E-state index in [0.717, 1.165) is 6.42 Å². The first-order valence-electron chi connectivity index (χ1n) is 9.65. The molecule has 1 aliphatic heterocycles. The van der Waals surface area contributed by atoms with Crippen LogP contribution in [0.25, 0.3) is 0 Å². The number of carbonyl (C=O) groups is 3. The summed E-state index contributed by atoms with van der Waals surface area (Å²) in [4.78, 5) is 39.0. The van der Waals surface area contributed by atoms with Crippen LogP contribution < -0.4 is 10.6 Å². The molecule has 146 valence electrons. The summed E-state index contributed by atoms with van der Waals surface area (Å²) in [7, 11) is 0. The average Bonchev–Trinajstić information content (AvgIpc) is 3.38. The van der Waals surface area contributed by atoms with Crippen LogP contribution in [-0.2, 0) is 9.59 Å². The summed E-state index contributed by atoms with van der Waals surface area (Å²) in [6, 6.07) is 5.21. The van der Waals surface area contributed by atoms with Crippen molar-refractivity contribution in [1.82, 2.24) is 15.5 Å². The first-order chi connectivity index (χ1) is 13.0. The number of amides is 3. The molecule has 1 saturated carbocycles. The molecule has 0 aromatic heterocycles. The lowest BCUT2D eigenvalue weighted by Crippen LogP contribution is -2.46. The van der Waals surface area contributed by atoms with E-state index in [9.17, 15) is 19.5 Å². The van der Waals surface area contributed by atoms with Gasteiger partial charge in [0.25, 0.3) is 5.91 Å². The zero-order valence-electron chi connectivity index (χ0n) is 15.6. The van der Waals surface area contributed by atoms with E-state index in [1.807, 2.05) is 6.92 Å². The van der Waals surface area contributed by atoms with Crippen molar-refractivity contribution in [2.45, 2.75) is 51.1 Å². The lowest BCUT2D eigenvalue weighted by molar-refractivity contribution is -0.125. The fraction of sp³-hybridized carbons (Fsp3) is 0.550. The maximum atomic E-state index is 12.9. The van der Waals surface area contributed by atoms with Crippen LogP contribution in [0.1, 0.15) is 49.4 Å². The van der Waals surface area contributed by atoms with E-state index in [1.165, 1.54) is 29.9 Å². The number of phenols is 1. The van der Waals surface area contributed by atoms with Gasteiger partial charge in [-0.2, -0.15) is 0 Å². The monoisotopic (exact) mass is 373 g/mol. The van der Waals surface area contributed by atoms with Crippen LogP contribution in [0.5, 0.6) is 5.75 Å². The van der Waals surface area contributed by atoms with Gasteiger partial charge in [0.2, 0.25) is 11.8 Å². The standard InChI is InChI=1S/C20H27N3O4/c1-2-21-19(26)17-11-15(22-18(25)9-8-13-6-7-13)12-23(17)20(27)14-4-3-5-16(24)10-14/h3-5,10,13,15,17,24H,2,6-9,11-12H2,1H3,(H,21,26)(H,22,25)/t15-,17-/m0/s1. The molecule has 1 aliphatic carbocycles. The minimum Gasteiger partial charge on any atom is -0.508 e. The Morgan fingerprint density at radius 1 is 1.26 bits per heavy atom. The summed E-state index contributed by atoms with van der Waals surface area (Å²) < 4.78 is 0. The van der Waals surface area contributed by atoms with Gasteiger partial charge in [0, 0.05) is 31.1 Å². The highest BCUT2D eigenvalue weighted by Crippen LogP contribution is 2.33. The van der Waals surface area contributed by atoms with Gasteiger partial charge in [-0.05, 0) is 43.9 Å². The number of aromatic hydroxyl groups is 1. The van der Waals surface area contributed by atoms with Gasteiger partial charge in [0.05, 0.1) is 0 Å². The fourth-order valence-electron chi connectivity index (χ4n) is 3.55. The van der Waals surface area contributed by atoms with Crippen molar-refractivity contribution in [1.29, 1.82) is 0 Å². The van der Waals surface area contributed by atoms with Crippen LogP contribution >= 0.6 is 0 Å². The van der Waals surface area contributed by atoms with Crippen LogP contribution in [0.2, 0.25) is 0 Å². The number of likely N-dealkylation sites (N-methyl/N-ethyl adjacent to an activating group) is 1. The number of likely N-dealkylation sites (tertiary alicyclic amines) is 1. The van der Waals surface area contributed by atoms with Crippen molar-refractivity contribution in [3.8, 4) is 5.75 Å². The van der Waals surface area contributed by atoms with Gasteiger partial charge >= 0.3 is 0 Å². The van der Waals surface area contributed by atoms with Crippen LogP contribution in [0.4, 0.5) is 0 Å². The van der Waals surface area contributed by atoms with Crippen molar-refractivity contribution in [2.75, 3.05) is 13.1 Å². The van der Waals surface area contributed by atoms with Gasteiger partial charge in [0.15, 0.2) is 0 Å². The van der Waals surface area contributed by atoms with Crippen molar-refractivity contribution < 1.29 is 19.5 Å². The molecular formula is C20H27N3O4. The smallest absolute Gasteiger partial charge is 0.254 e. The molecule has 27 heavy (non-hydrogen) atoms. The molecule has 7 heteroatoms. The molecule has 3 amide bonds. The van der Waals surface area contributed by atoms with Gasteiger partial charge in [-0.3, -0.25) is 14.4 Å². The Hall–Kier alpha value is -2.57. The highest BCUT2D eigenvalue weighted by molar-refractivity contribution is 5.98. The number of nitrogens with zero attached hydrogens (tertiary/aromatic N) is 1. The second-order valence-electron chi connectivity index (χ2n) is 7.40. The number of hydrogen-bond donors (Lipinski definition) is 3. The van der Waals surface area contributed by atoms with E-state index in [2.05, 4.69) is 10.6 Å². The van der Waals surface area contributed by atoms with Crippen molar-refractivity contribution in [3.63, 3.8) is 0 Å². The highest BCUT2D eigenvalue weighted by Gasteiger charge is 2.40. The summed E-state index contributed by atoms with van der Waals surface area (Å²) in [5.74, 6) is 0.122. The molecule has 0 bridgehead atoms. The SMILES string of the molecule is CCNC(=O)[C@@H]1C[C@H](NC(=O)CCC2CC2)CN1C(=O)c1cccc(O)c1. The lowest BCUT2D eigenvalue weighted by atomic mass is 10.1. The van der Waals surface area contributed by atoms with E-state index < -0.39 is 6.04 Å². The van der Waals surface area contributed by atoms with Gasteiger partial charge in [-0.1, -0.05) is 18.9 Å². The van der Waals surface area contributed by atoms with Gasteiger partial charge < -0.3 is 20.6 Å². The average molecular weight is 373 g/mol. The second-order valence-corrected chi connectivity index (χ2v) is 7.40. The normalized spacial score (nSPS) is 21.7. The molecule has 7 nitrogen and oxygen atoms in total. The maximum Gasteiger partial charge on any atom is 0.254 e. The molecule has 1 aromatic carbocycles. The number of rotatable bonds is 7. The molecule has 1 saturated heterocycles. The molecule has 0 spiro atoms. The molecule has 2 fully saturated rings. The Bertz CT molecular complexity index is 717. The molecule has 2 atom stereocenters. The molecular weight excluding hydrogens is 346 g/mol. The topological polar surface area (TPSA) is 98.7 Å². The number of benzene rings is 1. The minimum atomic E-state index is -0.631. The number of hydrogen-bond acceptors (Lipinski definition) is 4. The number of phenolic OH excluding ortho intramolecular Hbond substituents is 1. The number of carbonyl (C=O) groups excluding carboxylic acids is 3. The quantitative estimate of drug-likeness (QED) is 0.673. The Balaban J connectivity index is 1.68. The summed E-state index contributed by atoms with van der Waals surface area (Å²) >= 11 is 0. The zero-order valence-corrected chi connectivity index (χ0v) is 15.6. The fourth-order valence-corrected chi connectivity index (χ4v) is 3.55. The van der Waals surface area contributed by atoms with E-state index >= 15 is 0 Å². The van der Waals surface area contributed by atoms with E-state index in [0.29, 0.717) is 30.9 Å². The summed E-state index contributed by atoms with van der Waals surface area (Å²) in [6.45, 7) is 2.58. The van der Waals surface area contributed by atoms with Crippen molar-refractivity contribution in [2.24, 2.45) is 5.92 Å². The third-order valence-corrected chi connectivity index (χ3v) is 5.15. The molecule has 1 heterocycles. The zero-order chi connectivity index (χ0) is 19.4. The molecule has 0 radical (unpaired) electrons. The van der Waals surface area contributed by atoms with Crippen molar-refractivity contribution in [3.05, 3.63) is 29.8 Å². The van der Waals surface area contributed by atoms with Crippen LogP contribution in [0, 0.1) is 5.92 Å². The second kappa shape index (κ2) is 8.41. The third kappa shape index (κ3) is 4.99. The Labute approximate surface area is 159 Å². The molecule has 0 unspecified atom stereocenters. The highest BCUT2D eigenvalue weighted by atomic mass is 16.3. The van der Waals surface area contributed by atoms with Crippen LogP contribution in [-0.4, -0.2) is 52.9 Å².